The molecule has 0 saturated heterocycles. The van der Waals surface area contributed by atoms with Crippen molar-refractivity contribution in [2.75, 3.05) is 13.6 Å². The van der Waals surface area contributed by atoms with E-state index in [1.165, 1.54) is 12.1 Å². The Morgan fingerprint density at radius 1 is 1.29 bits per heavy atom. The zero-order valence-electron chi connectivity index (χ0n) is 8.48. The molecule has 1 aromatic rings. The Balaban J connectivity index is 2.88. The molecule has 1 unspecified atom stereocenters. The van der Waals surface area contributed by atoms with E-state index in [4.69, 9.17) is 0 Å². The largest absolute Gasteiger partial charge is 0.319 e. The van der Waals surface area contributed by atoms with Crippen LogP contribution in [-0.2, 0) is 0 Å². The van der Waals surface area contributed by atoms with Crippen LogP contribution in [0.5, 0.6) is 0 Å². The first-order chi connectivity index (χ1) is 6.69. The van der Waals surface area contributed by atoms with E-state index in [-0.39, 0.29) is 5.92 Å². The van der Waals surface area contributed by atoms with Crippen molar-refractivity contribution >= 4 is 0 Å². The fraction of sp³-hybridized carbons (Fsp3) is 0.455. The molecule has 0 aliphatic heterocycles. The molecule has 0 spiro atoms. The summed E-state index contributed by atoms with van der Waals surface area (Å²) < 4.78 is 25.6. The third-order valence-corrected chi connectivity index (χ3v) is 2.36. The summed E-state index contributed by atoms with van der Waals surface area (Å²) in [6, 6.07) is 4.10. The first kappa shape index (κ1) is 11.1. The Hall–Kier alpha value is -0.960. The van der Waals surface area contributed by atoms with Gasteiger partial charge in [0, 0.05) is 6.54 Å². The van der Waals surface area contributed by atoms with Crippen molar-refractivity contribution in [2.45, 2.75) is 19.3 Å². The monoisotopic (exact) mass is 199 g/mol. The van der Waals surface area contributed by atoms with Gasteiger partial charge in [-0.1, -0.05) is 13.0 Å². The fourth-order valence-corrected chi connectivity index (χ4v) is 1.51. The van der Waals surface area contributed by atoms with Gasteiger partial charge in [-0.2, -0.15) is 0 Å². The Morgan fingerprint density at radius 3 is 2.50 bits per heavy atom. The second-order valence-electron chi connectivity index (χ2n) is 3.34. The number of hydrogen-bond donors (Lipinski definition) is 1. The summed E-state index contributed by atoms with van der Waals surface area (Å²) in [7, 11) is 1.85. The van der Waals surface area contributed by atoms with Crippen molar-refractivity contribution in [1.29, 1.82) is 0 Å². The minimum absolute atomic E-state index is 0.245. The molecule has 1 N–H and O–H groups in total. The highest BCUT2D eigenvalue weighted by molar-refractivity contribution is 5.22. The van der Waals surface area contributed by atoms with Crippen LogP contribution in [-0.4, -0.2) is 13.6 Å². The molecule has 3 heteroatoms. The van der Waals surface area contributed by atoms with Gasteiger partial charge in [-0.25, -0.2) is 8.78 Å². The molecule has 1 atom stereocenters. The number of rotatable bonds is 4. The number of halogens is 2. The van der Waals surface area contributed by atoms with Crippen molar-refractivity contribution in [3.63, 3.8) is 0 Å². The SMILES string of the molecule is CCC(CNC)c1ccc(F)c(F)c1. The van der Waals surface area contributed by atoms with Gasteiger partial charge in [-0.05, 0) is 37.1 Å². The van der Waals surface area contributed by atoms with Crippen molar-refractivity contribution in [3.8, 4) is 0 Å². The van der Waals surface area contributed by atoms with Crippen molar-refractivity contribution < 1.29 is 8.78 Å². The minimum Gasteiger partial charge on any atom is -0.319 e. The summed E-state index contributed by atoms with van der Waals surface area (Å²) in [6.07, 6.45) is 0.909. The second-order valence-corrected chi connectivity index (χ2v) is 3.34. The molecule has 0 radical (unpaired) electrons. The predicted octanol–water partition coefficient (Wildman–Crippen LogP) is 2.68. The average Bonchev–Trinajstić information content (AvgIpc) is 2.19. The summed E-state index contributed by atoms with van der Waals surface area (Å²) in [5.74, 6) is -1.31. The van der Waals surface area contributed by atoms with Crippen LogP contribution in [0.15, 0.2) is 18.2 Å². The van der Waals surface area contributed by atoms with E-state index >= 15 is 0 Å². The maximum atomic E-state index is 12.9. The normalized spacial score (nSPS) is 12.9. The molecule has 0 heterocycles. The van der Waals surface area contributed by atoms with E-state index in [0.29, 0.717) is 0 Å². The van der Waals surface area contributed by atoms with E-state index in [0.717, 1.165) is 18.5 Å². The summed E-state index contributed by atoms with van der Waals surface area (Å²) in [6.45, 7) is 2.81. The van der Waals surface area contributed by atoms with E-state index in [1.54, 1.807) is 6.07 Å². The van der Waals surface area contributed by atoms with Gasteiger partial charge >= 0.3 is 0 Å². The van der Waals surface area contributed by atoms with Crippen LogP contribution in [0.25, 0.3) is 0 Å². The lowest BCUT2D eigenvalue weighted by atomic mass is 9.96. The lowest BCUT2D eigenvalue weighted by Gasteiger charge is -2.14. The third-order valence-electron chi connectivity index (χ3n) is 2.36. The average molecular weight is 199 g/mol. The van der Waals surface area contributed by atoms with Gasteiger partial charge < -0.3 is 5.32 Å². The quantitative estimate of drug-likeness (QED) is 0.786. The van der Waals surface area contributed by atoms with Gasteiger partial charge in [-0.3, -0.25) is 0 Å². The van der Waals surface area contributed by atoms with E-state index in [1.807, 2.05) is 14.0 Å². The van der Waals surface area contributed by atoms with Gasteiger partial charge in [0.05, 0.1) is 0 Å². The number of likely N-dealkylation sites (N-methyl/N-ethyl adjacent to an activating group) is 1. The van der Waals surface area contributed by atoms with E-state index in [9.17, 15) is 8.78 Å². The highest BCUT2D eigenvalue weighted by Crippen LogP contribution is 2.20. The standard InChI is InChI=1S/C11H15F2N/c1-3-8(7-14-2)9-4-5-10(12)11(13)6-9/h4-6,8,14H,3,7H2,1-2H3. The Bertz CT molecular complexity index is 299. The van der Waals surface area contributed by atoms with Crippen LogP contribution in [0.1, 0.15) is 24.8 Å². The lowest BCUT2D eigenvalue weighted by molar-refractivity contribution is 0.503. The number of nitrogens with one attached hydrogen (secondary N) is 1. The molecule has 1 aromatic carbocycles. The Morgan fingerprint density at radius 2 is 2.00 bits per heavy atom. The Kier molecular flexibility index (Phi) is 4.01. The molecule has 14 heavy (non-hydrogen) atoms. The zero-order valence-corrected chi connectivity index (χ0v) is 8.48. The number of hydrogen-bond acceptors (Lipinski definition) is 1. The van der Waals surface area contributed by atoms with Crippen LogP contribution >= 0.6 is 0 Å². The maximum absolute atomic E-state index is 12.9. The molecule has 0 aromatic heterocycles. The molecule has 0 aliphatic carbocycles. The highest BCUT2D eigenvalue weighted by Gasteiger charge is 2.10. The minimum atomic E-state index is -0.784. The van der Waals surface area contributed by atoms with Gasteiger partial charge in [0.1, 0.15) is 0 Å². The molecule has 0 aliphatic rings. The van der Waals surface area contributed by atoms with Crippen LogP contribution in [0.2, 0.25) is 0 Å². The molecular weight excluding hydrogens is 184 g/mol. The van der Waals surface area contributed by atoms with E-state index < -0.39 is 11.6 Å². The topological polar surface area (TPSA) is 12.0 Å². The van der Waals surface area contributed by atoms with Crippen LogP contribution in [0.3, 0.4) is 0 Å². The molecule has 78 valence electrons. The maximum Gasteiger partial charge on any atom is 0.159 e. The third kappa shape index (κ3) is 2.51. The van der Waals surface area contributed by atoms with Crippen molar-refractivity contribution in [1.82, 2.24) is 5.32 Å². The van der Waals surface area contributed by atoms with Crippen LogP contribution in [0.4, 0.5) is 8.78 Å². The summed E-state index contributed by atoms with van der Waals surface area (Å²) >= 11 is 0. The van der Waals surface area contributed by atoms with Crippen molar-refractivity contribution in [3.05, 3.63) is 35.4 Å². The van der Waals surface area contributed by atoms with Crippen LogP contribution in [0, 0.1) is 11.6 Å². The molecular formula is C11H15F2N. The molecule has 0 bridgehead atoms. The summed E-state index contributed by atoms with van der Waals surface area (Å²) in [5.41, 5.74) is 0.848. The molecule has 0 fully saturated rings. The first-order valence-corrected chi connectivity index (χ1v) is 4.78. The van der Waals surface area contributed by atoms with Gasteiger partial charge in [0.25, 0.3) is 0 Å². The smallest absolute Gasteiger partial charge is 0.159 e. The summed E-state index contributed by atoms with van der Waals surface area (Å²) in [4.78, 5) is 0. The molecule has 1 nitrogen and oxygen atoms in total. The molecule has 0 saturated carbocycles. The van der Waals surface area contributed by atoms with Crippen LogP contribution < -0.4 is 5.32 Å². The zero-order chi connectivity index (χ0) is 10.6. The highest BCUT2D eigenvalue weighted by atomic mass is 19.2. The van der Waals surface area contributed by atoms with Gasteiger partial charge in [0.15, 0.2) is 11.6 Å². The first-order valence-electron chi connectivity index (χ1n) is 4.78. The second kappa shape index (κ2) is 5.05. The molecule has 0 amide bonds. The van der Waals surface area contributed by atoms with Gasteiger partial charge in [0.2, 0.25) is 0 Å². The summed E-state index contributed by atoms with van der Waals surface area (Å²) in [5, 5.41) is 3.04. The predicted molar refractivity (Wildman–Crippen MR) is 53.3 cm³/mol. The molecule has 1 rings (SSSR count). The number of benzene rings is 1. The lowest BCUT2D eigenvalue weighted by Crippen LogP contribution is -2.16. The van der Waals surface area contributed by atoms with E-state index in [2.05, 4.69) is 5.32 Å². The van der Waals surface area contributed by atoms with Gasteiger partial charge in [-0.15, -0.1) is 0 Å². The fourth-order valence-electron chi connectivity index (χ4n) is 1.51. The Labute approximate surface area is 83.1 Å². The van der Waals surface area contributed by atoms with Crippen molar-refractivity contribution in [2.24, 2.45) is 0 Å².